The van der Waals surface area contributed by atoms with Crippen molar-refractivity contribution in [3.05, 3.63) is 102 Å². The SMILES string of the molecule is O=C(Oc1ccc(-c2ccccc2)cc1)c1ccc(-c2ccc(Cl)cc2)o1. The average Bonchev–Trinajstić information content (AvgIpc) is 3.20. The highest BCUT2D eigenvalue weighted by Crippen LogP contribution is 2.26. The van der Waals surface area contributed by atoms with E-state index in [2.05, 4.69) is 0 Å². The number of carbonyl (C=O) groups excluding carboxylic acids is 1. The van der Waals surface area contributed by atoms with Crippen molar-refractivity contribution >= 4 is 17.6 Å². The van der Waals surface area contributed by atoms with E-state index in [9.17, 15) is 4.79 Å². The fraction of sp³-hybridized carbons (Fsp3) is 0. The lowest BCUT2D eigenvalue weighted by atomic mass is 10.1. The number of hydrogen-bond donors (Lipinski definition) is 0. The van der Waals surface area contributed by atoms with E-state index in [0.29, 0.717) is 16.5 Å². The van der Waals surface area contributed by atoms with Crippen molar-refractivity contribution in [3.63, 3.8) is 0 Å². The van der Waals surface area contributed by atoms with Crippen LogP contribution < -0.4 is 4.74 Å². The maximum Gasteiger partial charge on any atom is 0.379 e. The molecule has 3 nitrogen and oxygen atoms in total. The van der Waals surface area contributed by atoms with Gasteiger partial charge >= 0.3 is 5.97 Å². The molecule has 1 heterocycles. The molecule has 0 aliphatic carbocycles. The van der Waals surface area contributed by atoms with Gasteiger partial charge in [-0.3, -0.25) is 0 Å². The fourth-order valence-corrected chi connectivity index (χ4v) is 2.85. The molecule has 0 atom stereocenters. The monoisotopic (exact) mass is 374 g/mol. The number of benzene rings is 3. The Kier molecular flexibility index (Phi) is 4.77. The molecule has 0 amide bonds. The second-order valence-corrected chi connectivity index (χ2v) is 6.39. The minimum atomic E-state index is -0.539. The highest BCUT2D eigenvalue weighted by Gasteiger charge is 2.15. The normalized spacial score (nSPS) is 10.6. The van der Waals surface area contributed by atoms with Crippen molar-refractivity contribution in [2.24, 2.45) is 0 Å². The Labute approximate surface area is 161 Å². The molecule has 0 spiro atoms. The molecule has 1 aromatic heterocycles. The van der Waals surface area contributed by atoms with Gasteiger partial charge in [0, 0.05) is 10.6 Å². The van der Waals surface area contributed by atoms with Gasteiger partial charge in [-0.1, -0.05) is 54.1 Å². The van der Waals surface area contributed by atoms with Crippen LogP contribution in [-0.4, -0.2) is 5.97 Å². The second kappa shape index (κ2) is 7.52. The van der Waals surface area contributed by atoms with Crippen molar-refractivity contribution in [3.8, 4) is 28.2 Å². The van der Waals surface area contributed by atoms with Crippen molar-refractivity contribution in [1.29, 1.82) is 0 Å². The van der Waals surface area contributed by atoms with E-state index >= 15 is 0 Å². The zero-order chi connectivity index (χ0) is 18.6. The predicted octanol–water partition coefficient (Wildman–Crippen LogP) is 6.49. The summed E-state index contributed by atoms with van der Waals surface area (Å²) in [6.07, 6.45) is 0. The van der Waals surface area contributed by atoms with Crippen LogP contribution in [-0.2, 0) is 0 Å². The van der Waals surface area contributed by atoms with Gasteiger partial charge < -0.3 is 9.15 Å². The molecule has 0 unspecified atom stereocenters. The van der Waals surface area contributed by atoms with Gasteiger partial charge in [0.15, 0.2) is 0 Å². The molecular formula is C23H15ClO3. The molecular weight excluding hydrogens is 360 g/mol. The van der Waals surface area contributed by atoms with Crippen LogP contribution in [0.2, 0.25) is 5.02 Å². The molecule has 132 valence electrons. The molecule has 27 heavy (non-hydrogen) atoms. The van der Waals surface area contributed by atoms with Gasteiger partial charge in [-0.15, -0.1) is 0 Å². The first kappa shape index (κ1) is 17.1. The largest absolute Gasteiger partial charge is 0.449 e. The number of hydrogen-bond acceptors (Lipinski definition) is 3. The summed E-state index contributed by atoms with van der Waals surface area (Å²) in [7, 11) is 0. The van der Waals surface area contributed by atoms with Crippen molar-refractivity contribution < 1.29 is 13.9 Å². The van der Waals surface area contributed by atoms with Crippen molar-refractivity contribution in [1.82, 2.24) is 0 Å². The van der Waals surface area contributed by atoms with Crippen molar-refractivity contribution in [2.75, 3.05) is 0 Å². The maximum atomic E-state index is 12.3. The summed E-state index contributed by atoms with van der Waals surface area (Å²) in [6, 6.07) is 27.9. The van der Waals surface area contributed by atoms with Gasteiger partial charge in [-0.25, -0.2) is 4.79 Å². The molecule has 0 bridgehead atoms. The van der Waals surface area contributed by atoms with E-state index in [1.165, 1.54) is 0 Å². The zero-order valence-electron chi connectivity index (χ0n) is 14.3. The molecule has 0 aliphatic heterocycles. The number of carbonyl (C=O) groups is 1. The molecule has 0 aliphatic rings. The molecule has 4 aromatic rings. The lowest BCUT2D eigenvalue weighted by Gasteiger charge is -2.05. The van der Waals surface area contributed by atoms with E-state index in [1.54, 1.807) is 36.4 Å². The van der Waals surface area contributed by atoms with Crippen LogP contribution >= 0.6 is 11.6 Å². The molecule has 0 fully saturated rings. The highest BCUT2D eigenvalue weighted by molar-refractivity contribution is 6.30. The Balaban J connectivity index is 1.47. The first-order valence-electron chi connectivity index (χ1n) is 8.42. The van der Waals surface area contributed by atoms with Crippen molar-refractivity contribution in [2.45, 2.75) is 0 Å². The van der Waals surface area contributed by atoms with Crippen LogP contribution in [0, 0.1) is 0 Å². The summed E-state index contributed by atoms with van der Waals surface area (Å²) >= 11 is 5.89. The predicted molar refractivity (Wildman–Crippen MR) is 106 cm³/mol. The van der Waals surface area contributed by atoms with Crippen LogP contribution in [0.15, 0.2) is 95.4 Å². The van der Waals surface area contributed by atoms with Gasteiger partial charge in [0.25, 0.3) is 0 Å². The van der Waals surface area contributed by atoms with E-state index < -0.39 is 5.97 Å². The summed E-state index contributed by atoms with van der Waals surface area (Å²) in [5.74, 6) is 0.650. The van der Waals surface area contributed by atoms with Crippen LogP contribution in [0.5, 0.6) is 5.75 Å². The van der Waals surface area contributed by atoms with Crippen LogP contribution in [0.3, 0.4) is 0 Å². The number of rotatable bonds is 4. The number of esters is 1. The van der Waals surface area contributed by atoms with Gasteiger partial charge in [0.05, 0.1) is 0 Å². The van der Waals surface area contributed by atoms with Crippen LogP contribution in [0.25, 0.3) is 22.5 Å². The minimum absolute atomic E-state index is 0.145. The van der Waals surface area contributed by atoms with E-state index in [4.69, 9.17) is 20.8 Å². The number of ether oxygens (including phenoxy) is 1. The third-order valence-corrected chi connectivity index (χ3v) is 4.36. The number of halogens is 1. The van der Waals surface area contributed by atoms with Crippen LogP contribution in [0.1, 0.15) is 10.6 Å². The summed E-state index contributed by atoms with van der Waals surface area (Å²) in [5, 5.41) is 0.642. The highest BCUT2D eigenvalue weighted by atomic mass is 35.5. The minimum Gasteiger partial charge on any atom is -0.449 e. The Bertz CT molecular complexity index is 1050. The third-order valence-electron chi connectivity index (χ3n) is 4.11. The Hall–Kier alpha value is -3.30. The Morgan fingerprint density at radius 1 is 0.704 bits per heavy atom. The second-order valence-electron chi connectivity index (χ2n) is 5.95. The van der Waals surface area contributed by atoms with Gasteiger partial charge in [-0.05, 0) is 59.7 Å². The lowest BCUT2D eigenvalue weighted by molar-refractivity contribution is 0.0702. The zero-order valence-corrected chi connectivity index (χ0v) is 15.0. The van der Waals surface area contributed by atoms with Gasteiger partial charge in [0.2, 0.25) is 5.76 Å². The van der Waals surface area contributed by atoms with E-state index in [1.807, 2.05) is 54.6 Å². The molecule has 3 aromatic carbocycles. The van der Waals surface area contributed by atoms with E-state index in [-0.39, 0.29) is 5.76 Å². The lowest BCUT2D eigenvalue weighted by Crippen LogP contribution is -2.06. The fourth-order valence-electron chi connectivity index (χ4n) is 2.72. The van der Waals surface area contributed by atoms with Gasteiger partial charge in [0.1, 0.15) is 11.5 Å². The number of furan rings is 1. The summed E-state index contributed by atoms with van der Waals surface area (Å²) < 4.78 is 11.0. The molecule has 4 rings (SSSR count). The first-order valence-corrected chi connectivity index (χ1v) is 8.80. The Morgan fingerprint density at radius 2 is 1.33 bits per heavy atom. The third kappa shape index (κ3) is 3.94. The molecule has 0 radical (unpaired) electrons. The molecule has 0 saturated carbocycles. The standard InChI is InChI=1S/C23H15ClO3/c24-19-10-6-18(7-11-19)21-14-15-22(27-21)23(25)26-20-12-8-17(9-13-20)16-4-2-1-3-5-16/h1-15H. The molecule has 0 N–H and O–H groups in total. The first-order chi connectivity index (χ1) is 13.2. The van der Waals surface area contributed by atoms with E-state index in [0.717, 1.165) is 16.7 Å². The molecule has 0 saturated heterocycles. The Morgan fingerprint density at radius 3 is 2.04 bits per heavy atom. The quantitative estimate of drug-likeness (QED) is 0.303. The summed E-state index contributed by atoms with van der Waals surface area (Å²) in [5.41, 5.74) is 3.00. The summed E-state index contributed by atoms with van der Waals surface area (Å²) in [6.45, 7) is 0. The maximum absolute atomic E-state index is 12.3. The smallest absolute Gasteiger partial charge is 0.379 e. The average molecular weight is 375 g/mol. The topological polar surface area (TPSA) is 39.4 Å². The molecule has 4 heteroatoms. The summed E-state index contributed by atoms with van der Waals surface area (Å²) in [4.78, 5) is 12.3. The van der Waals surface area contributed by atoms with Crippen LogP contribution in [0.4, 0.5) is 0 Å². The van der Waals surface area contributed by atoms with Gasteiger partial charge in [-0.2, -0.15) is 0 Å².